The van der Waals surface area contributed by atoms with Crippen molar-refractivity contribution in [3.63, 3.8) is 0 Å². The standard InChI is InChI=1S/C22H17Cl2N3O2/c1-3-29-22(28)19-13(2)26-27-20(14-8-10-15(23)11-9-14)17(12-25-21(19)27)16-6-4-5-7-18(16)24/h4-12H,3H2,1-2H3. The van der Waals surface area contributed by atoms with E-state index in [4.69, 9.17) is 27.9 Å². The Hall–Kier alpha value is -2.89. The fourth-order valence-corrected chi connectivity index (χ4v) is 3.66. The van der Waals surface area contributed by atoms with Gasteiger partial charge in [-0.3, -0.25) is 0 Å². The van der Waals surface area contributed by atoms with Gasteiger partial charge in [-0.25, -0.2) is 14.3 Å². The van der Waals surface area contributed by atoms with E-state index in [0.29, 0.717) is 26.9 Å². The van der Waals surface area contributed by atoms with E-state index in [2.05, 4.69) is 10.1 Å². The van der Waals surface area contributed by atoms with E-state index in [1.165, 1.54) is 0 Å². The molecule has 4 rings (SSSR count). The van der Waals surface area contributed by atoms with Crippen LogP contribution in [-0.4, -0.2) is 27.2 Å². The Morgan fingerprint density at radius 1 is 1.07 bits per heavy atom. The molecule has 146 valence electrons. The summed E-state index contributed by atoms with van der Waals surface area (Å²) < 4.78 is 6.87. The van der Waals surface area contributed by atoms with Gasteiger partial charge in [0.15, 0.2) is 5.65 Å². The molecule has 4 aromatic rings. The van der Waals surface area contributed by atoms with Gasteiger partial charge >= 0.3 is 5.97 Å². The summed E-state index contributed by atoms with van der Waals surface area (Å²) in [6.07, 6.45) is 1.71. The van der Waals surface area contributed by atoms with Gasteiger partial charge in [0.05, 0.1) is 18.0 Å². The van der Waals surface area contributed by atoms with E-state index in [-0.39, 0.29) is 6.61 Å². The molecule has 0 aliphatic heterocycles. The predicted molar refractivity (Wildman–Crippen MR) is 115 cm³/mol. The first-order valence-corrected chi connectivity index (χ1v) is 9.83. The highest BCUT2D eigenvalue weighted by Gasteiger charge is 2.24. The van der Waals surface area contributed by atoms with Crippen molar-refractivity contribution in [2.24, 2.45) is 0 Å². The minimum Gasteiger partial charge on any atom is -0.462 e. The lowest BCUT2D eigenvalue weighted by Crippen LogP contribution is -2.07. The van der Waals surface area contributed by atoms with Crippen LogP contribution in [-0.2, 0) is 4.74 Å². The van der Waals surface area contributed by atoms with Crippen molar-refractivity contribution in [3.8, 4) is 22.4 Å². The molecule has 2 heterocycles. The molecule has 0 saturated carbocycles. The van der Waals surface area contributed by atoms with Crippen molar-refractivity contribution in [2.45, 2.75) is 13.8 Å². The highest BCUT2D eigenvalue weighted by Crippen LogP contribution is 2.36. The van der Waals surface area contributed by atoms with Gasteiger partial charge in [-0.15, -0.1) is 0 Å². The van der Waals surface area contributed by atoms with Crippen LogP contribution in [0.5, 0.6) is 0 Å². The Kier molecular flexibility index (Phi) is 5.26. The van der Waals surface area contributed by atoms with E-state index in [1.54, 1.807) is 24.6 Å². The molecule has 0 fully saturated rings. The number of rotatable bonds is 4. The van der Waals surface area contributed by atoms with Crippen molar-refractivity contribution in [3.05, 3.63) is 76.0 Å². The number of esters is 1. The van der Waals surface area contributed by atoms with E-state index in [0.717, 1.165) is 22.4 Å². The number of hydrogen-bond acceptors (Lipinski definition) is 4. The van der Waals surface area contributed by atoms with Crippen LogP contribution in [0.3, 0.4) is 0 Å². The second-order valence-electron chi connectivity index (χ2n) is 6.42. The number of nitrogens with zero attached hydrogens (tertiary/aromatic N) is 3. The lowest BCUT2D eigenvalue weighted by Gasteiger charge is -2.13. The quantitative estimate of drug-likeness (QED) is 0.384. The van der Waals surface area contributed by atoms with Gasteiger partial charge in [-0.05, 0) is 32.0 Å². The van der Waals surface area contributed by atoms with Crippen LogP contribution < -0.4 is 0 Å². The van der Waals surface area contributed by atoms with Crippen molar-refractivity contribution in [1.29, 1.82) is 0 Å². The lowest BCUT2D eigenvalue weighted by atomic mass is 10.0. The maximum Gasteiger partial charge on any atom is 0.343 e. The van der Waals surface area contributed by atoms with Gasteiger partial charge in [-0.1, -0.05) is 53.5 Å². The van der Waals surface area contributed by atoms with Crippen LogP contribution in [0.25, 0.3) is 28.0 Å². The maximum absolute atomic E-state index is 12.5. The van der Waals surface area contributed by atoms with Gasteiger partial charge in [0.25, 0.3) is 0 Å². The lowest BCUT2D eigenvalue weighted by molar-refractivity contribution is 0.0527. The molecule has 0 aliphatic rings. The van der Waals surface area contributed by atoms with Gasteiger partial charge < -0.3 is 4.74 Å². The van der Waals surface area contributed by atoms with Gasteiger partial charge in [0.2, 0.25) is 0 Å². The van der Waals surface area contributed by atoms with Crippen molar-refractivity contribution < 1.29 is 9.53 Å². The Balaban J connectivity index is 2.07. The zero-order valence-electron chi connectivity index (χ0n) is 15.8. The molecule has 0 atom stereocenters. The number of carbonyl (C=O) groups is 1. The molecule has 0 N–H and O–H groups in total. The minimum atomic E-state index is -0.444. The van der Waals surface area contributed by atoms with E-state index in [9.17, 15) is 4.79 Å². The van der Waals surface area contributed by atoms with Crippen molar-refractivity contribution in [1.82, 2.24) is 14.6 Å². The molecule has 2 aromatic carbocycles. The average molecular weight is 426 g/mol. The fourth-order valence-electron chi connectivity index (χ4n) is 3.30. The minimum absolute atomic E-state index is 0.275. The topological polar surface area (TPSA) is 56.5 Å². The summed E-state index contributed by atoms with van der Waals surface area (Å²) in [6.45, 7) is 3.81. The maximum atomic E-state index is 12.5. The number of ether oxygens (including phenoxy) is 1. The van der Waals surface area contributed by atoms with Crippen LogP contribution in [0.4, 0.5) is 0 Å². The van der Waals surface area contributed by atoms with Crippen molar-refractivity contribution >= 4 is 34.8 Å². The first kappa shape index (κ1) is 19.4. The molecule has 7 heteroatoms. The molecule has 2 aromatic heterocycles. The molecule has 0 unspecified atom stereocenters. The molecule has 0 saturated heterocycles. The van der Waals surface area contributed by atoms with Crippen molar-refractivity contribution in [2.75, 3.05) is 6.61 Å². The third kappa shape index (κ3) is 3.48. The first-order chi connectivity index (χ1) is 14.0. The fraction of sp³-hybridized carbons (Fsp3) is 0.136. The second-order valence-corrected chi connectivity index (χ2v) is 7.27. The SMILES string of the molecule is CCOC(=O)c1c(C)nn2c(-c3ccc(Cl)cc3)c(-c3ccccc3Cl)cnc12. The summed E-state index contributed by atoms with van der Waals surface area (Å²) in [5.41, 5.74) is 4.58. The molecule has 29 heavy (non-hydrogen) atoms. The molecule has 0 spiro atoms. The molecule has 0 bridgehead atoms. The molecule has 0 radical (unpaired) electrons. The van der Waals surface area contributed by atoms with Crippen LogP contribution >= 0.6 is 23.2 Å². The highest BCUT2D eigenvalue weighted by atomic mass is 35.5. The summed E-state index contributed by atoms with van der Waals surface area (Å²) in [5, 5.41) is 5.83. The second kappa shape index (κ2) is 7.85. The number of fused-ring (bicyclic) bond motifs is 1. The zero-order valence-corrected chi connectivity index (χ0v) is 17.3. The van der Waals surface area contributed by atoms with Crippen LogP contribution in [0.2, 0.25) is 10.0 Å². The largest absolute Gasteiger partial charge is 0.462 e. The summed E-state index contributed by atoms with van der Waals surface area (Å²) >= 11 is 12.6. The Labute approximate surface area is 177 Å². The Morgan fingerprint density at radius 2 is 1.79 bits per heavy atom. The zero-order chi connectivity index (χ0) is 20.5. The smallest absolute Gasteiger partial charge is 0.343 e. The van der Waals surface area contributed by atoms with E-state index >= 15 is 0 Å². The van der Waals surface area contributed by atoms with Crippen LogP contribution in [0.1, 0.15) is 23.0 Å². The summed E-state index contributed by atoms with van der Waals surface area (Å²) in [7, 11) is 0. The first-order valence-electron chi connectivity index (χ1n) is 9.07. The number of benzene rings is 2. The predicted octanol–water partition coefficient (Wildman–Crippen LogP) is 5.86. The number of aryl methyl sites for hydroxylation is 1. The van der Waals surface area contributed by atoms with Crippen LogP contribution in [0, 0.1) is 6.92 Å². The van der Waals surface area contributed by atoms with Gasteiger partial charge in [0.1, 0.15) is 5.56 Å². The van der Waals surface area contributed by atoms with E-state index in [1.807, 2.05) is 48.5 Å². The van der Waals surface area contributed by atoms with Crippen LogP contribution in [0.15, 0.2) is 54.7 Å². The normalized spacial score (nSPS) is 11.0. The summed E-state index contributed by atoms with van der Waals surface area (Å²) in [4.78, 5) is 17.0. The number of carbonyl (C=O) groups excluding carboxylic acids is 1. The molecule has 0 amide bonds. The number of hydrogen-bond donors (Lipinski definition) is 0. The third-order valence-corrected chi connectivity index (χ3v) is 5.16. The Bertz CT molecular complexity index is 1220. The molecular formula is C22H17Cl2N3O2. The molecule has 5 nitrogen and oxygen atoms in total. The highest BCUT2D eigenvalue weighted by molar-refractivity contribution is 6.33. The number of aromatic nitrogens is 3. The average Bonchev–Trinajstić information content (AvgIpc) is 3.04. The Morgan fingerprint density at radius 3 is 2.48 bits per heavy atom. The molecule has 0 aliphatic carbocycles. The third-order valence-electron chi connectivity index (χ3n) is 4.58. The monoisotopic (exact) mass is 425 g/mol. The summed E-state index contributed by atoms with van der Waals surface area (Å²) in [6, 6.07) is 15.0. The number of halogens is 2. The van der Waals surface area contributed by atoms with Gasteiger partial charge in [-0.2, -0.15) is 5.10 Å². The summed E-state index contributed by atoms with van der Waals surface area (Å²) in [5.74, 6) is -0.444. The van der Waals surface area contributed by atoms with E-state index < -0.39 is 5.97 Å². The van der Waals surface area contributed by atoms with Gasteiger partial charge in [0, 0.05) is 32.9 Å². The molecular weight excluding hydrogens is 409 g/mol.